The molecule has 0 aliphatic rings. The lowest BCUT2D eigenvalue weighted by Gasteiger charge is -2.09. The Labute approximate surface area is 264 Å². The van der Waals surface area contributed by atoms with Gasteiger partial charge in [-0.15, -0.1) is 11.3 Å². The molecule has 0 fully saturated rings. The molecule has 0 radical (unpaired) electrons. The molecule has 0 atom stereocenters. The monoisotopic (exact) mass is 594 g/mol. The molecule has 1 heterocycles. The molecule has 4 rings (SSSR count). The summed E-state index contributed by atoms with van der Waals surface area (Å²) in [7, 11) is 0. The third-order valence-electron chi connectivity index (χ3n) is 5.48. The lowest BCUT2D eigenvalue weighted by atomic mass is 9.94. The van der Waals surface area contributed by atoms with Gasteiger partial charge in [-0.3, -0.25) is 0 Å². The highest BCUT2D eigenvalue weighted by Gasteiger charge is 2.15. The fourth-order valence-corrected chi connectivity index (χ4v) is 5.17. The Kier molecular flexibility index (Phi) is 21.9. The molecule has 43 heavy (non-hydrogen) atoms. The van der Waals surface area contributed by atoms with Gasteiger partial charge in [0.05, 0.1) is 12.1 Å². The smallest absolute Gasteiger partial charge is 0.0985 e. The van der Waals surface area contributed by atoms with Crippen molar-refractivity contribution in [2.24, 2.45) is 5.73 Å². The molecule has 5 heteroatoms. The minimum atomic E-state index is 0.306. The molecule has 0 spiro atoms. The first-order valence-electron chi connectivity index (χ1n) is 15.2. The molecular formula is C38H50N4S. The molecule has 0 bridgehead atoms. The lowest BCUT2D eigenvalue weighted by molar-refractivity contribution is 1.44. The van der Waals surface area contributed by atoms with Gasteiger partial charge in [-0.05, 0) is 58.7 Å². The molecule has 3 aromatic carbocycles. The number of thiophene rings is 1. The van der Waals surface area contributed by atoms with Crippen LogP contribution in [0.1, 0.15) is 87.3 Å². The molecule has 1 aromatic heterocycles. The van der Waals surface area contributed by atoms with Gasteiger partial charge in [-0.2, -0.15) is 10.5 Å². The molecule has 4 nitrogen and oxygen atoms in total. The molecule has 3 N–H and O–H groups in total. The first-order chi connectivity index (χ1) is 21.0. The van der Waals surface area contributed by atoms with Crippen molar-refractivity contribution in [1.29, 1.82) is 15.9 Å². The molecule has 0 aliphatic carbocycles. The van der Waals surface area contributed by atoms with E-state index >= 15 is 0 Å². The Bertz CT molecular complexity index is 1630. The van der Waals surface area contributed by atoms with Gasteiger partial charge < -0.3 is 11.1 Å². The lowest BCUT2D eigenvalue weighted by Crippen LogP contribution is -1.90. The fraction of sp³-hybridized carbons (Fsp3) is 0.289. The van der Waals surface area contributed by atoms with Crippen LogP contribution in [0.15, 0.2) is 84.6 Å². The van der Waals surface area contributed by atoms with E-state index in [9.17, 15) is 0 Å². The van der Waals surface area contributed by atoms with E-state index in [0.29, 0.717) is 16.7 Å². The maximum absolute atomic E-state index is 9.17. The number of rotatable bonds is 5. The first kappa shape index (κ1) is 40.7. The largest absolute Gasteiger partial charge is 0.404 e. The Balaban J connectivity index is 0. The van der Waals surface area contributed by atoms with E-state index in [1.54, 1.807) is 30.4 Å². The molecule has 228 valence electrons. The minimum Gasteiger partial charge on any atom is -0.404 e. The molecule has 0 amide bonds. The summed E-state index contributed by atoms with van der Waals surface area (Å²) >= 11 is 1.67. The molecule has 0 saturated heterocycles. The standard InChI is InChI=1S/C28H20N4S.5C2H6/c1-17(13-29)9-20(15-31)19-7-8-24-26(11-19)33-27-12-25(21(16-32)10-18(2)14-30)22-5-3-4-6-23(22)28(24)27;5*1-2/h3-12,15-16,32H,2,31H2,1H3;5*1-2H3/b17-9+,20-15+,21-10+,32-16?;;;;;. The second kappa shape index (κ2) is 23.1. The topological polar surface area (TPSA) is 97.5 Å². The molecular weight excluding hydrogens is 545 g/mol. The van der Waals surface area contributed by atoms with Crippen LogP contribution in [0.25, 0.3) is 42.1 Å². The number of allylic oxidation sites excluding steroid dienone is 6. The van der Waals surface area contributed by atoms with Gasteiger partial charge >= 0.3 is 0 Å². The van der Waals surface area contributed by atoms with E-state index in [1.165, 1.54) is 12.4 Å². The third kappa shape index (κ3) is 10.4. The van der Waals surface area contributed by atoms with Crippen molar-refractivity contribution in [2.75, 3.05) is 0 Å². The van der Waals surface area contributed by atoms with E-state index in [2.05, 4.69) is 36.9 Å². The van der Waals surface area contributed by atoms with E-state index in [-0.39, 0.29) is 0 Å². The van der Waals surface area contributed by atoms with Crippen LogP contribution in [0.2, 0.25) is 0 Å². The van der Waals surface area contributed by atoms with Gasteiger partial charge in [0.1, 0.15) is 0 Å². The average Bonchev–Trinajstić information content (AvgIpc) is 3.48. The van der Waals surface area contributed by atoms with Crippen molar-refractivity contribution >= 4 is 59.6 Å². The predicted octanol–water partition coefficient (Wildman–Crippen LogP) is 12.2. The van der Waals surface area contributed by atoms with Gasteiger partial charge in [0.15, 0.2) is 0 Å². The summed E-state index contributed by atoms with van der Waals surface area (Å²) in [5, 5.41) is 30.6. The molecule has 0 saturated carbocycles. The number of nitriles is 2. The van der Waals surface area contributed by atoms with Crippen LogP contribution >= 0.6 is 11.3 Å². The fourth-order valence-electron chi connectivity index (χ4n) is 3.97. The van der Waals surface area contributed by atoms with Crippen LogP contribution in [0.5, 0.6) is 0 Å². The number of nitrogens with one attached hydrogen (secondary N) is 1. The van der Waals surface area contributed by atoms with Crippen molar-refractivity contribution in [1.82, 2.24) is 0 Å². The Hall–Kier alpha value is -4.45. The Morgan fingerprint density at radius 2 is 1.35 bits per heavy atom. The van der Waals surface area contributed by atoms with Crippen LogP contribution in [0.4, 0.5) is 0 Å². The summed E-state index contributed by atoms with van der Waals surface area (Å²) in [6.07, 6.45) is 6.22. The van der Waals surface area contributed by atoms with Crippen molar-refractivity contribution in [3.05, 3.63) is 95.7 Å². The maximum atomic E-state index is 9.17. The first-order valence-corrected chi connectivity index (χ1v) is 16.0. The van der Waals surface area contributed by atoms with Crippen LogP contribution in [0.3, 0.4) is 0 Å². The van der Waals surface area contributed by atoms with Crippen LogP contribution < -0.4 is 5.73 Å². The van der Waals surface area contributed by atoms with Crippen molar-refractivity contribution in [2.45, 2.75) is 76.2 Å². The zero-order chi connectivity index (χ0) is 33.5. The van der Waals surface area contributed by atoms with Crippen LogP contribution in [0, 0.1) is 28.1 Å². The van der Waals surface area contributed by atoms with Crippen molar-refractivity contribution in [3.8, 4) is 12.1 Å². The summed E-state index contributed by atoms with van der Waals surface area (Å²) in [5.41, 5.74) is 10.0. The number of benzene rings is 3. The zero-order valence-corrected chi connectivity index (χ0v) is 28.8. The SMILES string of the molecule is C=C(C#N)/C=C(\C=N)c1cc2sc3cc(C(/C=C(\C)C#N)=C/N)ccc3c2c2ccccc12.CC.CC.CC.CC.CC. The maximum Gasteiger partial charge on any atom is 0.0985 e. The highest BCUT2D eigenvalue weighted by molar-refractivity contribution is 7.26. The van der Waals surface area contributed by atoms with Crippen molar-refractivity contribution < 1.29 is 0 Å². The number of nitrogens with zero attached hydrogens (tertiary/aromatic N) is 2. The van der Waals surface area contributed by atoms with Gasteiger partial charge in [-0.1, -0.05) is 112 Å². The summed E-state index contributed by atoms with van der Waals surface area (Å²) < 4.78 is 2.20. The van der Waals surface area contributed by atoms with Gasteiger partial charge in [0, 0.05) is 49.3 Å². The summed E-state index contributed by atoms with van der Waals surface area (Å²) in [6, 6.07) is 20.6. The zero-order valence-electron chi connectivity index (χ0n) is 28.0. The number of hydrogen-bond donors (Lipinski definition) is 2. The Morgan fingerprint density at radius 1 is 0.767 bits per heavy atom. The number of nitrogens with two attached hydrogens (primary N) is 1. The molecule has 4 aromatic rings. The highest BCUT2D eigenvalue weighted by Crippen LogP contribution is 2.42. The average molecular weight is 595 g/mol. The van der Waals surface area contributed by atoms with E-state index in [0.717, 1.165) is 47.6 Å². The second-order valence-electron chi connectivity index (χ2n) is 7.60. The predicted molar refractivity (Wildman–Crippen MR) is 197 cm³/mol. The van der Waals surface area contributed by atoms with E-state index < -0.39 is 0 Å². The summed E-state index contributed by atoms with van der Waals surface area (Å²) in [6.45, 7) is 25.5. The van der Waals surface area contributed by atoms with Crippen LogP contribution in [-0.4, -0.2) is 6.21 Å². The van der Waals surface area contributed by atoms with Gasteiger partial charge in [0.2, 0.25) is 0 Å². The number of fused-ring (bicyclic) bond motifs is 5. The molecule has 0 unspecified atom stereocenters. The normalized spacial score (nSPS) is 10.4. The van der Waals surface area contributed by atoms with Gasteiger partial charge in [-0.25, -0.2) is 0 Å². The highest BCUT2D eigenvalue weighted by atomic mass is 32.1. The Morgan fingerprint density at radius 3 is 1.86 bits per heavy atom. The third-order valence-corrected chi connectivity index (χ3v) is 6.58. The van der Waals surface area contributed by atoms with E-state index in [1.807, 2.05) is 99.6 Å². The van der Waals surface area contributed by atoms with Gasteiger partial charge in [0.25, 0.3) is 0 Å². The van der Waals surface area contributed by atoms with Crippen LogP contribution in [-0.2, 0) is 0 Å². The molecule has 0 aliphatic heterocycles. The second-order valence-corrected chi connectivity index (χ2v) is 8.68. The quantitative estimate of drug-likeness (QED) is 0.137. The minimum absolute atomic E-state index is 0.306. The summed E-state index contributed by atoms with van der Waals surface area (Å²) in [5.74, 6) is 0. The number of hydrogen-bond acceptors (Lipinski definition) is 5. The van der Waals surface area contributed by atoms with E-state index in [4.69, 9.17) is 21.7 Å². The summed E-state index contributed by atoms with van der Waals surface area (Å²) in [4.78, 5) is 0. The van der Waals surface area contributed by atoms with Crippen molar-refractivity contribution in [3.63, 3.8) is 0 Å².